The number of aliphatic hydroxyl groups excluding tert-OH is 1. The third-order valence-electron chi connectivity index (χ3n) is 5.83. The maximum absolute atomic E-state index is 11.2. The summed E-state index contributed by atoms with van der Waals surface area (Å²) < 4.78 is 11.7. The van der Waals surface area contributed by atoms with E-state index in [1.165, 1.54) is 18.1 Å². The molecule has 2 amide bonds. The monoisotopic (exact) mass is 483 g/mol. The van der Waals surface area contributed by atoms with Gasteiger partial charge in [-0.15, -0.1) is 0 Å². The van der Waals surface area contributed by atoms with Crippen LogP contribution in [0.3, 0.4) is 0 Å². The summed E-state index contributed by atoms with van der Waals surface area (Å²) in [6.45, 7) is 3.56. The number of ether oxygens (including phenoxy) is 2. The van der Waals surface area contributed by atoms with Crippen molar-refractivity contribution in [2.45, 2.75) is 22.8 Å². The van der Waals surface area contributed by atoms with Gasteiger partial charge in [-0.05, 0) is 56.1 Å². The van der Waals surface area contributed by atoms with Gasteiger partial charge in [0.2, 0.25) is 0 Å². The second-order valence-electron chi connectivity index (χ2n) is 8.13. The smallest absolute Gasteiger partial charge is 0.316 e. The lowest BCUT2D eigenvalue weighted by atomic mass is 9.98. The first-order chi connectivity index (χ1) is 16.6. The highest BCUT2D eigenvalue weighted by Gasteiger charge is 2.19. The molecule has 3 aromatic rings. The summed E-state index contributed by atoms with van der Waals surface area (Å²) in [6.07, 6.45) is 3.56. The van der Waals surface area contributed by atoms with Gasteiger partial charge in [0.1, 0.15) is 18.0 Å². The summed E-state index contributed by atoms with van der Waals surface area (Å²) in [5.74, 6) is 1.68. The van der Waals surface area contributed by atoms with Gasteiger partial charge < -0.3 is 25.6 Å². The van der Waals surface area contributed by atoms with E-state index in [1.807, 2.05) is 30.3 Å². The number of aromatic nitrogens is 2. The van der Waals surface area contributed by atoms with Crippen molar-refractivity contribution in [1.82, 2.24) is 14.9 Å². The van der Waals surface area contributed by atoms with Crippen LogP contribution < -0.4 is 20.5 Å². The molecule has 0 unspecified atom stereocenters. The maximum atomic E-state index is 11.2. The predicted molar refractivity (Wildman–Crippen MR) is 132 cm³/mol. The molecule has 4 rings (SSSR count). The van der Waals surface area contributed by atoms with Crippen molar-refractivity contribution in [2.75, 3.05) is 45.3 Å². The van der Waals surface area contributed by atoms with Crippen LogP contribution in [0.5, 0.6) is 11.5 Å². The fourth-order valence-electron chi connectivity index (χ4n) is 3.96. The van der Waals surface area contributed by atoms with E-state index in [1.54, 1.807) is 13.2 Å². The molecule has 0 atom stereocenters. The number of likely N-dealkylation sites (tertiary alicyclic amines) is 1. The quantitative estimate of drug-likeness (QED) is 0.396. The second-order valence-corrected chi connectivity index (χ2v) is 9.20. The first-order valence-corrected chi connectivity index (χ1v) is 12.0. The lowest BCUT2D eigenvalue weighted by Gasteiger charge is -2.30. The van der Waals surface area contributed by atoms with Crippen LogP contribution in [0.25, 0.3) is 10.9 Å². The number of nitrogens with two attached hydrogens (primary N) is 1. The SMILES string of the molecule is COc1cc2ncnc(Sc3cccc(NC(N)=O)c3)c2cc1OCCN1CCC(CO)CC1. The minimum atomic E-state index is -0.610. The van der Waals surface area contributed by atoms with Gasteiger partial charge in [-0.3, -0.25) is 4.90 Å². The zero-order chi connectivity index (χ0) is 23.9. The number of aliphatic hydroxyl groups is 1. The largest absolute Gasteiger partial charge is 0.493 e. The molecule has 0 aliphatic carbocycles. The summed E-state index contributed by atoms with van der Waals surface area (Å²) in [6, 6.07) is 10.6. The van der Waals surface area contributed by atoms with Gasteiger partial charge in [-0.1, -0.05) is 17.8 Å². The molecule has 2 aromatic carbocycles. The zero-order valence-corrected chi connectivity index (χ0v) is 19.9. The molecule has 4 N–H and O–H groups in total. The fourth-order valence-corrected chi connectivity index (χ4v) is 4.89. The number of rotatable bonds is 9. The number of carbonyl (C=O) groups excluding carboxylic acids is 1. The Kier molecular flexibility index (Phi) is 8.04. The van der Waals surface area contributed by atoms with Crippen molar-refractivity contribution < 1.29 is 19.4 Å². The molecule has 1 fully saturated rings. The van der Waals surface area contributed by atoms with E-state index in [9.17, 15) is 9.90 Å². The molecule has 2 heterocycles. The number of methoxy groups -OCH3 is 1. The van der Waals surface area contributed by atoms with Gasteiger partial charge in [-0.2, -0.15) is 0 Å². The number of nitrogens with one attached hydrogen (secondary N) is 1. The molecule has 9 nitrogen and oxygen atoms in total. The van der Waals surface area contributed by atoms with E-state index in [0.717, 1.165) is 53.3 Å². The molecule has 34 heavy (non-hydrogen) atoms. The number of nitrogens with zero attached hydrogens (tertiary/aromatic N) is 3. The van der Waals surface area contributed by atoms with Crippen molar-refractivity contribution in [3.8, 4) is 11.5 Å². The van der Waals surface area contributed by atoms with Crippen molar-refractivity contribution >= 4 is 34.4 Å². The van der Waals surface area contributed by atoms with E-state index < -0.39 is 6.03 Å². The number of primary amides is 1. The molecule has 0 bridgehead atoms. The highest BCUT2D eigenvalue weighted by atomic mass is 32.2. The van der Waals surface area contributed by atoms with Gasteiger partial charge in [-0.25, -0.2) is 14.8 Å². The van der Waals surface area contributed by atoms with Gasteiger partial charge >= 0.3 is 6.03 Å². The number of hydrogen-bond donors (Lipinski definition) is 3. The van der Waals surface area contributed by atoms with Crippen LogP contribution in [0.2, 0.25) is 0 Å². The summed E-state index contributed by atoms with van der Waals surface area (Å²) in [4.78, 5) is 23.3. The van der Waals surface area contributed by atoms with Crippen LogP contribution in [-0.4, -0.2) is 66.0 Å². The lowest BCUT2D eigenvalue weighted by molar-refractivity contribution is 0.118. The predicted octanol–water partition coefficient (Wildman–Crippen LogP) is 3.36. The average Bonchev–Trinajstić information content (AvgIpc) is 2.84. The van der Waals surface area contributed by atoms with Gasteiger partial charge in [0, 0.05) is 35.2 Å². The van der Waals surface area contributed by atoms with E-state index in [0.29, 0.717) is 29.7 Å². The number of hydrogen-bond acceptors (Lipinski definition) is 8. The number of anilines is 1. The Labute approximate surface area is 202 Å². The fraction of sp³-hybridized carbons (Fsp3) is 0.375. The van der Waals surface area contributed by atoms with Gasteiger partial charge in [0.25, 0.3) is 0 Å². The molecular formula is C24H29N5O4S. The maximum Gasteiger partial charge on any atom is 0.316 e. The number of carbonyl (C=O) groups is 1. The third kappa shape index (κ3) is 6.07. The van der Waals surface area contributed by atoms with E-state index in [4.69, 9.17) is 15.2 Å². The number of piperidine rings is 1. The number of amides is 2. The van der Waals surface area contributed by atoms with Crippen molar-refractivity contribution in [3.05, 3.63) is 42.7 Å². The first-order valence-electron chi connectivity index (χ1n) is 11.2. The first kappa shape index (κ1) is 24.1. The molecular weight excluding hydrogens is 454 g/mol. The highest BCUT2D eigenvalue weighted by Crippen LogP contribution is 2.37. The minimum absolute atomic E-state index is 0.271. The standard InChI is InChI=1S/C24H29N5O4S/c1-32-21-13-20-19(12-22(21)33-10-9-29-7-5-16(14-30)6-8-29)23(27-15-26-20)34-18-4-2-3-17(11-18)28-24(25)31/h2-4,11-13,15-16,30H,5-10,14H2,1H3,(H3,25,28,31). The molecule has 180 valence electrons. The minimum Gasteiger partial charge on any atom is -0.493 e. The number of fused-ring (bicyclic) bond motifs is 1. The summed E-state index contributed by atoms with van der Waals surface area (Å²) in [5, 5.41) is 13.5. The zero-order valence-electron chi connectivity index (χ0n) is 19.1. The highest BCUT2D eigenvalue weighted by molar-refractivity contribution is 7.99. The van der Waals surface area contributed by atoms with Gasteiger partial charge in [0.05, 0.1) is 12.6 Å². The molecule has 0 spiro atoms. The Morgan fingerprint density at radius 3 is 2.79 bits per heavy atom. The Balaban J connectivity index is 1.50. The van der Waals surface area contributed by atoms with Crippen LogP contribution in [0.15, 0.2) is 52.6 Å². The van der Waals surface area contributed by atoms with Crippen molar-refractivity contribution in [2.24, 2.45) is 11.7 Å². The van der Waals surface area contributed by atoms with Crippen LogP contribution in [-0.2, 0) is 0 Å². The van der Waals surface area contributed by atoms with Crippen LogP contribution in [0, 0.1) is 5.92 Å². The average molecular weight is 484 g/mol. The van der Waals surface area contributed by atoms with Crippen LogP contribution >= 0.6 is 11.8 Å². The Hall–Kier alpha value is -3.08. The summed E-state index contributed by atoms with van der Waals surface area (Å²) in [5.41, 5.74) is 6.59. The molecule has 1 aliphatic rings. The van der Waals surface area contributed by atoms with Crippen molar-refractivity contribution in [1.29, 1.82) is 0 Å². The van der Waals surface area contributed by atoms with Crippen LogP contribution in [0.1, 0.15) is 12.8 Å². The molecule has 10 heteroatoms. The number of benzene rings is 2. The molecule has 1 saturated heterocycles. The second kappa shape index (κ2) is 11.4. The summed E-state index contributed by atoms with van der Waals surface area (Å²) in [7, 11) is 1.61. The molecule has 0 saturated carbocycles. The van der Waals surface area contributed by atoms with E-state index in [-0.39, 0.29) is 6.61 Å². The Bertz CT molecular complexity index is 1140. The summed E-state index contributed by atoms with van der Waals surface area (Å²) >= 11 is 1.46. The van der Waals surface area contributed by atoms with Crippen LogP contribution in [0.4, 0.5) is 10.5 Å². The van der Waals surface area contributed by atoms with E-state index >= 15 is 0 Å². The molecule has 1 aromatic heterocycles. The normalized spacial score (nSPS) is 14.8. The van der Waals surface area contributed by atoms with Crippen molar-refractivity contribution in [3.63, 3.8) is 0 Å². The lowest BCUT2D eigenvalue weighted by Crippen LogP contribution is -2.37. The molecule has 1 aliphatic heterocycles. The Morgan fingerprint density at radius 1 is 1.24 bits per heavy atom. The Morgan fingerprint density at radius 2 is 2.06 bits per heavy atom. The number of urea groups is 1. The third-order valence-corrected chi connectivity index (χ3v) is 6.84. The van der Waals surface area contributed by atoms with E-state index in [2.05, 4.69) is 20.2 Å². The molecule has 0 radical (unpaired) electrons. The van der Waals surface area contributed by atoms with Gasteiger partial charge in [0.15, 0.2) is 11.5 Å². The topological polar surface area (TPSA) is 123 Å².